The molecule has 33 heavy (non-hydrogen) atoms. The van der Waals surface area contributed by atoms with Crippen LogP contribution in [0.5, 0.6) is 5.75 Å². The fraction of sp³-hybridized carbons (Fsp3) is 0.143. The lowest BCUT2D eigenvalue weighted by molar-refractivity contribution is -0.138. The molecule has 12 heteroatoms. The van der Waals surface area contributed by atoms with E-state index in [2.05, 4.69) is 0 Å². The molecule has 0 bridgehead atoms. The summed E-state index contributed by atoms with van der Waals surface area (Å²) in [6.45, 7) is 0. The lowest BCUT2D eigenvalue weighted by Gasteiger charge is -2.21. The molecule has 0 radical (unpaired) electrons. The highest BCUT2D eigenvalue weighted by atomic mass is 32.2. The van der Waals surface area contributed by atoms with Gasteiger partial charge in [-0.2, -0.15) is 34.8 Å². The van der Waals surface area contributed by atoms with Crippen molar-refractivity contribution in [3.8, 4) is 5.75 Å². The van der Waals surface area contributed by atoms with Crippen LogP contribution in [0.3, 0.4) is 0 Å². The number of halogens is 6. The summed E-state index contributed by atoms with van der Waals surface area (Å²) in [6, 6.07) is 11.9. The summed E-state index contributed by atoms with van der Waals surface area (Å²) in [4.78, 5) is -0.575. The third-order valence-electron chi connectivity index (χ3n) is 4.59. The highest BCUT2D eigenvalue weighted by Gasteiger charge is 2.32. The van der Waals surface area contributed by atoms with E-state index in [1.165, 1.54) is 43.5 Å². The summed E-state index contributed by atoms with van der Waals surface area (Å²) >= 11 is 0. The SMILES string of the molecule is COc1ccc(P(c2ccc(C(F)(F)F)cc2)c2ccc(C(F)(F)F)cc2)cc1S(=O)(=O)O. The van der Waals surface area contributed by atoms with Gasteiger partial charge in [0.25, 0.3) is 10.1 Å². The Morgan fingerprint density at radius 3 is 1.45 bits per heavy atom. The van der Waals surface area contributed by atoms with E-state index >= 15 is 0 Å². The molecule has 0 aliphatic heterocycles. The van der Waals surface area contributed by atoms with Crippen LogP contribution in [0.4, 0.5) is 26.3 Å². The van der Waals surface area contributed by atoms with E-state index in [9.17, 15) is 39.3 Å². The molecule has 3 aromatic carbocycles. The van der Waals surface area contributed by atoms with Gasteiger partial charge in [0.05, 0.1) is 18.2 Å². The van der Waals surface area contributed by atoms with Crippen LogP contribution in [0.25, 0.3) is 0 Å². The summed E-state index contributed by atoms with van der Waals surface area (Å²) in [7, 11) is -5.34. The number of rotatable bonds is 5. The third-order valence-corrected chi connectivity index (χ3v) is 7.89. The molecule has 0 aliphatic rings. The van der Waals surface area contributed by atoms with Gasteiger partial charge in [0.15, 0.2) is 0 Å². The number of ether oxygens (including phenoxy) is 1. The van der Waals surface area contributed by atoms with Gasteiger partial charge in [-0.25, -0.2) is 0 Å². The summed E-state index contributed by atoms with van der Waals surface area (Å²) in [6.07, 6.45) is -9.18. The van der Waals surface area contributed by atoms with Crippen LogP contribution in [0.2, 0.25) is 0 Å². The molecule has 0 saturated heterocycles. The first-order valence-corrected chi connectivity index (χ1v) is 11.8. The monoisotopic (exact) mass is 508 g/mol. The minimum absolute atomic E-state index is 0.170. The summed E-state index contributed by atoms with van der Waals surface area (Å²) in [5, 5.41) is 0.909. The third kappa shape index (κ3) is 5.66. The average molecular weight is 508 g/mol. The second-order valence-electron chi connectivity index (χ2n) is 6.73. The fourth-order valence-corrected chi connectivity index (χ4v) is 6.09. The van der Waals surface area contributed by atoms with Crippen molar-refractivity contribution in [3.05, 3.63) is 77.9 Å². The standard InChI is InChI=1S/C21H15F6O4PS/c1-31-18-11-10-17(12-19(18)33(28,29)30)32(15-6-2-13(3-7-15)20(22,23)24)16-8-4-14(5-9-16)21(25,26)27/h2-12H,1H3,(H,28,29,30). The van der Waals surface area contributed by atoms with Crippen molar-refractivity contribution in [3.63, 3.8) is 0 Å². The number of hydrogen-bond donors (Lipinski definition) is 1. The van der Waals surface area contributed by atoms with Crippen molar-refractivity contribution in [2.45, 2.75) is 17.2 Å². The molecular formula is C21H15F6O4PS. The summed E-state index contributed by atoms with van der Waals surface area (Å²) in [5.41, 5.74) is -1.83. The molecule has 0 heterocycles. The molecule has 0 spiro atoms. The largest absolute Gasteiger partial charge is 0.495 e. The number of methoxy groups -OCH3 is 1. The molecule has 0 atom stereocenters. The zero-order valence-corrected chi connectivity index (χ0v) is 18.4. The van der Waals surface area contributed by atoms with Gasteiger partial charge in [-0.15, -0.1) is 0 Å². The van der Waals surface area contributed by atoms with Crippen LogP contribution >= 0.6 is 7.92 Å². The maximum atomic E-state index is 13.0. The van der Waals surface area contributed by atoms with Gasteiger partial charge in [-0.3, -0.25) is 4.55 Å². The van der Waals surface area contributed by atoms with Crippen molar-refractivity contribution in [1.82, 2.24) is 0 Å². The van der Waals surface area contributed by atoms with Gasteiger partial charge in [0.2, 0.25) is 0 Å². The molecule has 0 aliphatic carbocycles. The van der Waals surface area contributed by atoms with Crippen LogP contribution in [0, 0.1) is 0 Å². The van der Waals surface area contributed by atoms with Crippen molar-refractivity contribution in [2.24, 2.45) is 0 Å². The summed E-state index contributed by atoms with van der Waals surface area (Å²) in [5.74, 6) is -0.170. The molecule has 176 valence electrons. The predicted octanol–water partition coefficient (Wildman–Crippen LogP) is 4.74. The van der Waals surface area contributed by atoms with Gasteiger partial charge in [-0.1, -0.05) is 30.3 Å². The van der Waals surface area contributed by atoms with Crippen LogP contribution in [0.1, 0.15) is 11.1 Å². The molecule has 0 saturated carbocycles. The van der Waals surface area contributed by atoms with Crippen LogP contribution in [-0.4, -0.2) is 20.1 Å². The van der Waals surface area contributed by atoms with E-state index in [0.29, 0.717) is 10.6 Å². The Kier molecular flexibility index (Phi) is 6.79. The highest BCUT2D eigenvalue weighted by molar-refractivity contribution is 7.86. The van der Waals surface area contributed by atoms with Gasteiger partial charge in [0, 0.05) is 0 Å². The molecule has 1 N–H and O–H groups in total. The first-order chi connectivity index (χ1) is 15.2. The molecule has 4 nitrogen and oxygen atoms in total. The zero-order valence-electron chi connectivity index (χ0n) is 16.6. The average Bonchev–Trinajstić information content (AvgIpc) is 2.73. The number of hydrogen-bond acceptors (Lipinski definition) is 3. The number of benzene rings is 3. The van der Waals surface area contributed by atoms with E-state index in [4.69, 9.17) is 4.74 Å². The van der Waals surface area contributed by atoms with Gasteiger partial charge >= 0.3 is 12.4 Å². The van der Waals surface area contributed by atoms with Crippen LogP contribution < -0.4 is 20.7 Å². The Labute approximate surface area is 186 Å². The first-order valence-electron chi connectivity index (χ1n) is 9.02. The Hall–Kier alpha value is -2.62. The molecule has 0 unspecified atom stereocenters. The molecule has 0 amide bonds. The topological polar surface area (TPSA) is 63.6 Å². The van der Waals surface area contributed by atoms with Crippen LogP contribution in [0.15, 0.2) is 71.6 Å². The lowest BCUT2D eigenvalue weighted by Crippen LogP contribution is -2.22. The van der Waals surface area contributed by atoms with Crippen LogP contribution in [-0.2, 0) is 22.5 Å². The molecule has 0 aromatic heterocycles. The quantitative estimate of drug-likeness (QED) is 0.307. The zero-order chi connectivity index (χ0) is 24.6. The van der Waals surface area contributed by atoms with Gasteiger partial charge in [-0.05, 0) is 60.2 Å². The van der Waals surface area contributed by atoms with Crippen molar-refractivity contribution >= 4 is 34.0 Å². The minimum Gasteiger partial charge on any atom is -0.495 e. The molecule has 0 fully saturated rings. The molecule has 3 aromatic rings. The highest BCUT2D eigenvalue weighted by Crippen LogP contribution is 2.38. The Balaban J connectivity index is 2.20. The van der Waals surface area contributed by atoms with E-state index in [-0.39, 0.29) is 11.1 Å². The van der Waals surface area contributed by atoms with E-state index in [1.54, 1.807) is 0 Å². The van der Waals surface area contributed by atoms with Crippen molar-refractivity contribution < 1.29 is 44.0 Å². The Morgan fingerprint density at radius 2 is 1.12 bits per heavy atom. The van der Waals surface area contributed by atoms with E-state index < -0.39 is 46.4 Å². The predicted molar refractivity (Wildman–Crippen MR) is 112 cm³/mol. The summed E-state index contributed by atoms with van der Waals surface area (Å²) < 4.78 is 116. The fourth-order valence-electron chi connectivity index (χ4n) is 3.05. The minimum atomic E-state index is -4.73. The Morgan fingerprint density at radius 1 is 0.727 bits per heavy atom. The lowest BCUT2D eigenvalue weighted by atomic mass is 10.2. The smallest absolute Gasteiger partial charge is 0.416 e. The Bertz CT molecular complexity index is 1180. The first kappa shape index (κ1) is 25.0. The normalized spacial score (nSPS) is 12.8. The van der Waals surface area contributed by atoms with E-state index in [1.807, 2.05) is 0 Å². The molecular weight excluding hydrogens is 493 g/mol. The van der Waals surface area contributed by atoms with Gasteiger partial charge < -0.3 is 4.74 Å². The maximum absolute atomic E-state index is 13.0. The van der Waals surface area contributed by atoms with Crippen molar-refractivity contribution in [2.75, 3.05) is 7.11 Å². The van der Waals surface area contributed by atoms with Crippen molar-refractivity contribution in [1.29, 1.82) is 0 Å². The maximum Gasteiger partial charge on any atom is 0.416 e. The number of alkyl halides is 6. The second kappa shape index (κ2) is 8.96. The van der Waals surface area contributed by atoms with Gasteiger partial charge in [0.1, 0.15) is 10.6 Å². The van der Waals surface area contributed by atoms with E-state index in [0.717, 1.165) is 30.3 Å². The second-order valence-corrected chi connectivity index (χ2v) is 10.3. The molecule has 3 rings (SSSR count).